The average molecular weight is 481 g/mol. The van der Waals surface area contributed by atoms with Crippen LogP contribution in [0.4, 0.5) is 13.6 Å². The highest BCUT2D eigenvalue weighted by molar-refractivity contribution is 9.10. The number of amides is 1. The Morgan fingerprint density at radius 2 is 1.82 bits per heavy atom. The molecule has 1 aliphatic heterocycles. The zero-order valence-electron chi connectivity index (χ0n) is 16.5. The molecular weight excluding hydrogens is 458 g/mol. The van der Waals surface area contributed by atoms with E-state index >= 15 is 0 Å². The fourth-order valence-electron chi connectivity index (χ4n) is 2.78. The topological polar surface area (TPSA) is 84.8 Å². The number of hydrogen-bond acceptors (Lipinski definition) is 5. The minimum atomic E-state index is -3.90. The van der Waals surface area contributed by atoms with Gasteiger partial charge in [-0.1, -0.05) is 15.9 Å². The molecule has 0 aliphatic carbocycles. The summed E-state index contributed by atoms with van der Waals surface area (Å²) in [6.45, 7) is 9.11. The van der Waals surface area contributed by atoms with Crippen molar-refractivity contribution in [3.8, 4) is 0 Å². The van der Waals surface area contributed by atoms with Crippen LogP contribution in [0.15, 0.2) is 21.6 Å². The third-order valence-corrected chi connectivity index (χ3v) is 7.52. The lowest BCUT2D eigenvalue weighted by Crippen LogP contribution is -2.58. The Hall–Kier alpha value is -1.55. The number of ether oxygens (including phenoxy) is 1. The number of nitrogens with one attached hydrogen (secondary N) is 1. The predicted molar refractivity (Wildman–Crippen MR) is 106 cm³/mol. The summed E-state index contributed by atoms with van der Waals surface area (Å²) in [5.74, 6) is -3.08. The first-order valence-corrected chi connectivity index (χ1v) is 10.9. The molecule has 0 aromatic heterocycles. The molecule has 0 unspecified atom stereocenters. The molecule has 10 heteroatoms. The summed E-state index contributed by atoms with van der Waals surface area (Å²) < 4.78 is 58.2. The Morgan fingerprint density at radius 3 is 2.36 bits per heavy atom. The Kier molecular flexibility index (Phi) is 5.73. The molecular formula is C18H23BrF2N2O4S. The molecule has 6 nitrogen and oxygen atoms in total. The van der Waals surface area contributed by atoms with Crippen molar-refractivity contribution < 1.29 is 26.7 Å². The molecule has 28 heavy (non-hydrogen) atoms. The number of aliphatic imine (C=N–C) groups is 1. The summed E-state index contributed by atoms with van der Waals surface area (Å²) in [7, 11) is -3.90. The molecule has 156 valence electrons. The van der Waals surface area contributed by atoms with Gasteiger partial charge in [-0.15, -0.1) is 0 Å². The van der Waals surface area contributed by atoms with Gasteiger partial charge in [0.25, 0.3) is 0 Å². The minimum absolute atomic E-state index is 0.199. The van der Waals surface area contributed by atoms with Crippen molar-refractivity contribution in [2.24, 2.45) is 4.99 Å². The summed E-state index contributed by atoms with van der Waals surface area (Å²) >= 11 is 3.08. The maximum absolute atomic E-state index is 14.5. The minimum Gasteiger partial charge on any atom is -0.444 e. The lowest BCUT2D eigenvalue weighted by molar-refractivity contribution is 0.0560. The number of alkyl carbamates (subject to hydrolysis) is 1. The van der Waals surface area contributed by atoms with Gasteiger partial charge in [-0.25, -0.2) is 22.0 Å². The van der Waals surface area contributed by atoms with Crippen LogP contribution in [0.2, 0.25) is 0 Å². The number of benzene rings is 1. The van der Waals surface area contributed by atoms with E-state index in [0.29, 0.717) is 0 Å². The third kappa shape index (κ3) is 4.37. The Morgan fingerprint density at radius 1 is 1.25 bits per heavy atom. The maximum atomic E-state index is 14.5. The van der Waals surface area contributed by atoms with Gasteiger partial charge in [-0.2, -0.15) is 0 Å². The molecule has 1 aromatic carbocycles. The highest BCUT2D eigenvalue weighted by Crippen LogP contribution is 2.39. The molecule has 0 saturated carbocycles. The largest absolute Gasteiger partial charge is 0.444 e. The van der Waals surface area contributed by atoms with Gasteiger partial charge in [0.2, 0.25) is 0 Å². The van der Waals surface area contributed by atoms with Crippen LogP contribution >= 0.6 is 15.9 Å². The van der Waals surface area contributed by atoms with E-state index in [9.17, 15) is 22.0 Å². The van der Waals surface area contributed by atoms with Crippen LogP contribution in [0.5, 0.6) is 0 Å². The number of hydrogen-bond donors (Lipinski definition) is 1. The van der Waals surface area contributed by atoms with Crippen molar-refractivity contribution in [3.05, 3.63) is 33.8 Å². The Balaban J connectivity index is 2.62. The van der Waals surface area contributed by atoms with Crippen LogP contribution < -0.4 is 5.32 Å². The fraction of sp³-hybridized carbons (Fsp3) is 0.556. The molecule has 0 fully saturated rings. The van der Waals surface area contributed by atoms with Gasteiger partial charge < -0.3 is 4.74 Å². The first kappa shape index (κ1) is 22.7. The van der Waals surface area contributed by atoms with Crippen LogP contribution in [0.25, 0.3) is 0 Å². The quantitative estimate of drug-likeness (QED) is 0.613. The van der Waals surface area contributed by atoms with E-state index < -0.39 is 49.2 Å². The second kappa shape index (κ2) is 7.05. The van der Waals surface area contributed by atoms with Crippen molar-refractivity contribution >= 4 is 37.7 Å². The Labute approximate surface area is 171 Å². The molecule has 0 saturated heterocycles. The van der Waals surface area contributed by atoms with Gasteiger partial charge in [0.15, 0.2) is 21.5 Å². The molecule has 1 aliphatic rings. The number of amidine groups is 1. The Bertz CT molecular complexity index is 955. The van der Waals surface area contributed by atoms with Gasteiger partial charge in [0.1, 0.15) is 21.7 Å². The number of carbonyl (C=O) groups is 1. The number of sulfone groups is 1. The van der Waals surface area contributed by atoms with Crippen LogP contribution in [0.1, 0.15) is 47.1 Å². The molecule has 1 N–H and O–H groups in total. The van der Waals surface area contributed by atoms with Crippen LogP contribution in [0.3, 0.4) is 0 Å². The van der Waals surface area contributed by atoms with Gasteiger partial charge in [0, 0.05) is 10.0 Å². The first-order chi connectivity index (χ1) is 12.5. The van der Waals surface area contributed by atoms with Crippen LogP contribution in [-0.4, -0.2) is 36.4 Å². The van der Waals surface area contributed by atoms with Crippen molar-refractivity contribution in [3.63, 3.8) is 0 Å². The standard InChI is InChI=1S/C18H23BrF2N2O4S/c1-16(2,3)27-15(24)22-14-17(4,5)28(25,26)9-18(6,23-14)11-7-10(19)8-12(20)13(11)21/h7-8H,9H2,1-6H3,(H,22,23,24)/t18-/m0/s1. The molecule has 2 rings (SSSR count). The van der Waals surface area contributed by atoms with E-state index in [-0.39, 0.29) is 15.9 Å². The van der Waals surface area contributed by atoms with Crippen LogP contribution in [0, 0.1) is 11.6 Å². The summed E-state index contributed by atoms with van der Waals surface area (Å²) in [4.78, 5) is 16.5. The monoisotopic (exact) mass is 480 g/mol. The van der Waals surface area contributed by atoms with Crippen LogP contribution in [-0.2, 0) is 20.1 Å². The molecule has 1 aromatic rings. The van der Waals surface area contributed by atoms with Crippen molar-refractivity contribution in [2.75, 3.05) is 5.75 Å². The normalized spacial score (nSPS) is 23.7. The third-order valence-electron chi connectivity index (χ3n) is 4.37. The molecule has 0 radical (unpaired) electrons. The summed E-state index contributed by atoms with van der Waals surface area (Å²) in [5, 5.41) is 2.38. The average Bonchev–Trinajstić information content (AvgIpc) is 2.46. The van der Waals surface area contributed by atoms with Crippen molar-refractivity contribution in [2.45, 2.75) is 57.4 Å². The molecule has 0 spiro atoms. The smallest absolute Gasteiger partial charge is 0.413 e. The van der Waals surface area contributed by atoms with Gasteiger partial charge in [-0.05, 0) is 53.7 Å². The van der Waals surface area contributed by atoms with E-state index in [0.717, 1.165) is 6.07 Å². The zero-order valence-corrected chi connectivity index (χ0v) is 18.9. The van der Waals surface area contributed by atoms with Gasteiger partial charge in [0.05, 0.1) is 5.75 Å². The first-order valence-electron chi connectivity index (χ1n) is 8.46. The zero-order chi connectivity index (χ0) is 21.7. The number of rotatable bonds is 1. The SMILES string of the molecule is CC(C)(C)OC(=O)NC1=N[C@](C)(c2cc(Br)cc(F)c2F)CS(=O)(=O)C1(C)C. The van der Waals surface area contributed by atoms with Crippen molar-refractivity contribution in [1.29, 1.82) is 0 Å². The summed E-state index contributed by atoms with van der Waals surface area (Å²) in [6.07, 6.45) is -0.889. The lowest BCUT2D eigenvalue weighted by Gasteiger charge is -2.39. The van der Waals surface area contributed by atoms with Crippen molar-refractivity contribution in [1.82, 2.24) is 5.32 Å². The molecule has 1 heterocycles. The van der Waals surface area contributed by atoms with E-state index in [4.69, 9.17) is 4.74 Å². The summed E-state index contributed by atoms with van der Waals surface area (Å²) in [6, 6.07) is 2.22. The molecule has 1 amide bonds. The number of nitrogens with zero attached hydrogens (tertiary/aromatic N) is 1. The second-order valence-electron chi connectivity index (χ2n) is 8.38. The fourth-order valence-corrected chi connectivity index (χ4v) is 4.92. The summed E-state index contributed by atoms with van der Waals surface area (Å²) in [5.41, 5.74) is -2.69. The predicted octanol–water partition coefficient (Wildman–Crippen LogP) is 4.07. The maximum Gasteiger partial charge on any atom is 0.413 e. The molecule has 1 atom stereocenters. The van der Waals surface area contributed by atoms with Gasteiger partial charge >= 0.3 is 6.09 Å². The van der Waals surface area contributed by atoms with E-state index in [1.54, 1.807) is 20.8 Å². The number of carbonyl (C=O) groups excluding carboxylic acids is 1. The lowest BCUT2D eigenvalue weighted by atomic mass is 9.93. The van der Waals surface area contributed by atoms with E-state index in [1.165, 1.54) is 26.8 Å². The van der Waals surface area contributed by atoms with E-state index in [1.807, 2.05) is 0 Å². The molecule has 0 bridgehead atoms. The second-order valence-corrected chi connectivity index (χ2v) is 11.8. The van der Waals surface area contributed by atoms with E-state index in [2.05, 4.69) is 26.2 Å². The highest BCUT2D eigenvalue weighted by Gasteiger charge is 2.51. The highest BCUT2D eigenvalue weighted by atomic mass is 79.9. The van der Waals surface area contributed by atoms with Gasteiger partial charge in [-0.3, -0.25) is 10.3 Å². The number of halogens is 3.